The smallest absolute Gasteiger partial charge is 0.463 e. The zero-order valence-corrected chi connectivity index (χ0v) is 22.8. The standard InChI is InChI=1S/C24H33BClN3O5S/c1-14-20(13-31-16(3)30)32-22(35-19-8-18(26)10-27-11-19)15(2)21(14)29-12-17(9-28-29)25-33-23(4,5)24(6,7)34-25/h8-12,14-15,20-22H,13H2,1-7H3/t14-,15?,20?,21-,22+/m0/s1. The molecule has 2 fully saturated rings. The van der Waals surface area contributed by atoms with Gasteiger partial charge in [-0.05, 0) is 33.8 Å². The molecule has 35 heavy (non-hydrogen) atoms. The van der Waals surface area contributed by atoms with Crippen molar-refractivity contribution in [1.29, 1.82) is 0 Å². The fourth-order valence-electron chi connectivity index (χ4n) is 4.49. The van der Waals surface area contributed by atoms with E-state index in [1.165, 1.54) is 6.92 Å². The first kappa shape index (κ1) is 26.5. The van der Waals surface area contributed by atoms with Gasteiger partial charge < -0.3 is 18.8 Å². The van der Waals surface area contributed by atoms with Crippen LogP contribution in [0.3, 0.4) is 0 Å². The second-order valence-corrected chi connectivity index (χ2v) is 12.0. The number of ether oxygens (including phenoxy) is 2. The number of pyridine rings is 1. The van der Waals surface area contributed by atoms with Crippen LogP contribution in [0.15, 0.2) is 35.7 Å². The third-order valence-corrected chi connectivity index (χ3v) is 8.71. The van der Waals surface area contributed by atoms with Crippen molar-refractivity contribution in [2.75, 3.05) is 6.61 Å². The Morgan fingerprint density at radius 2 is 1.86 bits per heavy atom. The maximum Gasteiger partial charge on any atom is 0.498 e. The Balaban J connectivity index is 1.59. The molecule has 0 radical (unpaired) electrons. The molecular weight excluding hydrogens is 489 g/mol. The molecular formula is C24H33BClN3O5S. The van der Waals surface area contributed by atoms with Crippen molar-refractivity contribution in [2.24, 2.45) is 11.8 Å². The van der Waals surface area contributed by atoms with Gasteiger partial charge in [-0.25, -0.2) is 0 Å². The van der Waals surface area contributed by atoms with Crippen LogP contribution in [0.5, 0.6) is 0 Å². The number of thioether (sulfide) groups is 1. The Bertz CT molecular complexity index is 1050. The SMILES string of the molecule is CC(=O)OCC1O[C@H](Sc2cncc(Cl)c2)C(C)[C@@H](n2cc(B3OC(C)(C)C(C)(C)O3)cn2)[C@H]1C. The van der Waals surface area contributed by atoms with Crippen LogP contribution < -0.4 is 5.46 Å². The number of hydrogen-bond acceptors (Lipinski definition) is 8. The van der Waals surface area contributed by atoms with Gasteiger partial charge in [-0.15, -0.1) is 0 Å². The highest BCUT2D eigenvalue weighted by molar-refractivity contribution is 7.99. The Kier molecular flexibility index (Phi) is 7.60. The van der Waals surface area contributed by atoms with Gasteiger partial charge in [-0.2, -0.15) is 5.10 Å². The first-order valence-corrected chi connectivity index (χ1v) is 13.1. The molecule has 2 aromatic rings. The van der Waals surface area contributed by atoms with Gasteiger partial charge in [-0.1, -0.05) is 37.2 Å². The Morgan fingerprint density at radius 1 is 1.17 bits per heavy atom. The second kappa shape index (κ2) is 10.1. The van der Waals surface area contributed by atoms with Crippen LogP contribution in [0.25, 0.3) is 0 Å². The number of halogens is 1. The van der Waals surface area contributed by atoms with E-state index in [2.05, 4.69) is 18.8 Å². The molecule has 8 nitrogen and oxygen atoms in total. The largest absolute Gasteiger partial charge is 0.498 e. The molecule has 0 bridgehead atoms. The van der Waals surface area contributed by atoms with Crippen molar-refractivity contribution in [3.63, 3.8) is 0 Å². The van der Waals surface area contributed by atoms with Crippen LogP contribution in [0.2, 0.25) is 5.02 Å². The maximum absolute atomic E-state index is 11.5. The molecule has 190 valence electrons. The molecule has 11 heteroatoms. The molecule has 4 heterocycles. The number of esters is 1. The van der Waals surface area contributed by atoms with E-state index in [1.807, 2.05) is 44.6 Å². The van der Waals surface area contributed by atoms with Crippen molar-refractivity contribution >= 4 is 41.9 Å². The van der Waals surface area contributed by atoms with Gasteiger partial charge in [0.1, 0.15) is 12.0 Å². The van der Waals surface area contributed by atoms with Crippen molar-refractivity contribution in [3.05, 3.63) is 35.9 Å². The molecule has 0 saturated carbocycles. The van der Waals surface area contributed by atoms with E-state index in [4.69, 9.17) is 35.5 Å². The molecule has 2 aliphatic heterocycles. The minimum atomic E-state index is -0.487. The van der Waals surface area contributed by atoms with Crippen LogP contribution in [0.1, 0.15) is 54.5 Å². The van der Waals surface area contributed by atoms with Gasteiger partial charge in [0.05, 0.1) is 28.4 Å². The van der Waals surface area contributed by atoms with Crippen molar-refractivity contribution in [1.82, 2.24) is 14.8 Å². The van der Waals surface area contributed by atoms with E-state index < -0.39 is 18.3 Å². The van der Waals surface area contributed by atoms with Crippen LogP contribution in [-0.2, 0) is 23.6 Å². The minimum Gasteiger partial charge on any atom is -0.463 e. The zero-order chi connectivity index (χ0) is 25.5. The number of nitrogens with zero attached hydrogens (tertiary/aromatic N) is 3. The summed E-state index contributed by atoms with van der Waals surface area (Å²) in [6.45, 7) is 14.0. The lowest BCUT2D eigenvalue weighted by molar-refractivity contribution is -0.156. The zero-order valence-electron chi connectivity index (χ0n) is 21.2. The van der Waals surface area contributed by atoms with E-state index in [9.17, 15) is 4.79 Å². The summed E-state index contributed by atoms with van der Waals surface area (Å²) < 4.78 is 26.2. The van der Waals surface area contributed by atoms with Gasteiger partial charge in [0.15, 0.2) is 0 Å². The third-order valence-electron chi connectivity index (χ3n) is 7.24. The van der Waals surface area contributed by atoms with Crippen LogP contribution >= 0.6 is 23.4 Å². The molecule has 0 N–H and O–H groups in total. The number of carbonyl (C=O) groups excluding carboxylic acids is 1. The number of carbonyl (C=O) groups is 1. The highest BCUT2D eigenvalue weighted by Gasteiger charge is 2.52. The second-order valence-electron chi connectivity index (χ2n) is 10.4. The molecule has 0 aliphatic carbocycles. The summed E-state index contributed by atoms with van der Waals surface area (Å²) in [6.07, 6.45) is 6.88. The normalized spacial score (nSPS) is 29.8. The summed E-state index contributed by atoms with van der Waals surface area (Å²) in [4.78, 5) is 16.6. The first-order valence-electron chi connectivity index (χ1n) is 11.8. The number of hydrogen-bond donors (Lipinski definition) is 0. The molecule has 4 rings (SSSR count). The lowest BCUT2D eigenvalue weighted by atomic mass is 9.81. The maximum atomic E-state index is 11.5. The van der Waals surface area contributed by atoms with Crippen molar-refractivity contribution < 1.29 is 23.6 Å². The summed E-state index contributed by atoms with van der Waals surface area (Å²) in [5.41, 5.74) is -0.210. The molecule has 0 spiro atoms. The van der Waals surface area contributed by atoms with Crippen molar-refractivity contribution in [3.8, 4) is 0 Å². The van der Waals surface area contributed by atoms with Gasteiger partial charge in [-0.3, -0.25) is 14.5 Å². The highest BCUT2D eigenvalue weighted by atomic mass is 35.5. The van der Waals surface area contributed by atoms with Crippen LogP contribution in [-0.4, -0.2) is 57.2 Å². The summed E-state index contributed by atoms with van der Waals surface area (Å²) >= 11 is 7.71. The van der Waals surface area contributed by atoms with Crippen LogP contribution in [0.4, 0.5) is 0 Å². The molecule has 2 saturated heterocycles. The van der Waals surface area contributed by atoms with Crippen molar-refractivity contribution in [2.45, 2.75) is 82.1 Å². The fourth-order valence-corrected chi connectivity index (χ4v) is 5.89. The minimum absolute atomic E-state index is 0.00914. The summed E-state index contributed by atoms with van der Waals surface area (Å²) in [6, 6.07) is 1.86. The van der Waals surface area contributed by atoms with E-state index in [-0.39, 0.29) is 42.0 Å². The Hall–Kier alpha value is -1.59. The van der Waals surface area contributed by atoms with Gasteiger partial charge in [0.25, 0.3) is 0 Å². The molecule has 2 unspecified atom stereocenters. The molecule has 0 amide bonds. The quantitative estimate of drug-likeness (QED) is 0.414. The van der Waals surface area contributed by atoms with E-state index >= 15 is 0 Å². The van der Waals surface area contributed by atoms with E-state index in [0.717, 1.165) is 10.4 Å². The predicted octanol–water partition coefficient (Wildman–Crippen LogP) is 4.12. The monoisotopic (exact) mass is 521 g/mol. The van der Waals surface area contributed by atoms with E-state index in [0.29, 0.717) is 5.02 Å². The van der Waals surface area contributed by atoms with E-state index in [1.54, 1.807) is 30.4 Å². The lowest BCUT2D eigenvalue weighted by Gasteiger charge is -2.44. The highest BCUT2D eigenvalue weighted by Crippen LogP contribution is 2.44. The Labute approximate surface area is 216 Å². The first-order chi connectivity index (χ1) is 16.4. The summed E-state index contributed by atoms with van der Waals surface area (Å²) in [5.74, 6) is -0.223. The fraction of sp³-hybridized carbons (Fsp3) is 0.625. The van der Waals surface area contributed by atoms with Gasteiger partial charge in [0, 0.05) is 53.9 Å². The Morgan fingerprint density at radius 3 is 2.49 bits per heavy atom. The molecule has 2 aliphatic rings. The average molecular weight is 522 g/mol. The average Bonchev–Trinajstić information content (AvgIpc) is 3.31. The lowest BCUT2D eigenvalue weighted by Crippen LogP contribution is -2.47. The molecule has 2 aromatic heterocycles. The van der Waals surface area contributed by atoms with Gasteiger partial charge >= 0.3 is 13.1 Å². The topological polar surface area (TPSA) is 84.7 Å². The van der Waals surface area contributed by atoms with Crippen LogP contribution in [0, 0.1) is 11.8 Å². The molecule has 0 aromatic carbocycles. The summed E-state index contributed by atoms with van der Waals surface area (Å²) in [7, 11) is -0.487. The number of aromatic nitrogens is 3. The number of rotatable bonds is 6. The summed E-state index contributed by atoms with van der Waals surface area (Å²) in [5, 5.41) is 5.29. The third kappa shape index (κ3) is 5.56. The molecule has 5 atom stereocenters. The predicted molar refractivity (Wildman–Crippen MR) is 136 cm³/mol. The van der Waals surface area contributed by atoms with Gasteiger partial charge in [0.2, 0.25) is 0 Å².